The summed E-state index contributed by atoms with van der Waals surface area (Å²) in [5, 5.41) is 3.40. The van der Waals surface area contributed by atoms with Crippen LogP contribution in [0.15, 0.2) is 18.3 Å². The van der Waals surface area contributed by atoms with Gasteiger partial charge in [0.05, 0.1) is 0 Å². The topological polar surface area (TPSA) is 71.2 Å². The number of rotatable bonds is 2. The first kappa shape index (κ1) is 10.5. The molecule has 90 valence electrons. The number of pyridine rings is 1. The van der Waals surface area contributed by atoms with Gasteiger partial charge in [-0.1, -0.05) is 0 Å². The van der Waals surface area contributed by atoms with Crippen LogP contribution in [0.1, 0.15) is 16.8 Å². The number of nitrogens with one attached hydrogen (secondary N) is 1. The molecular weight excluding hydrogens is 216 g/mol. The summed E-state index contributed by atoms with van der Waals surface area (Å²) in [6, 6.07) is 3.97. The highest BCUT2D eigenvalue weighted by atomic mass is 16.1. The van der Waals surface area contributed by atoms with Gasteiger partial charge >= 0.3 is 0 Å². The van der Waals surface area contributed by atoms with Crippen molar-refractivity contribution in [2.45, 2.75) is 12.5 Å². The number of nitrogens with zero attached hydrogens (tertiary/aromatic N) is 2. The standard InChI is InChI=1S/C12H16N4O/c13-12(17)8-1-3-15-11(5-8)16-4-2-9-6-14-7-10(9)16/h1,3,5,9-10,14H,2,4,6-7H2,(H2,13,17)/t9-,10+/m0/s1. The second kappa shape index (κ2) is 4.00. The fourth-order valence-corrected chi connectivity index (χ4v) is 2.86. The molecule has 1 amide bonds. The molecule has 2 saturated heterocycles. The number of hydrogen-bond acceptors (Lipinski definition) is 4. The lowest BCUT2D eigenvalue weighted by atomic mass is 10.1. The minimum absolute atomic E-state index is 0.394. The molecule has 3 rings (SSSR count). The summed E-state index contributed by atoms with van der Waals surface area (Å²) in [6.07, 6.45) is 2.85. The molecule has 1 aromatic rings. The minimum Gasteiger partial charge on any atom is -0.366 e. The first-order valence-corrected chi connectivity index (χ1v) is 5.99. The van der Waals surface area contributed by atoms with E-state index >= 15 is 0 Å². The summed E-state index contributed by atoms with van der Waals surface area (Å²) in [4.78, 5) is 17.8. The number of carbonyl (C=O) groups excluding carboxylic acids is 1. The quantitative estimate of drug-likeness (QED) is 0.751. The third-order valence-electron chi connectivity index (χ3n) is 3.77. The van der Waals surface area contributed by atoms with E-state index in [9.17, 15) is 4.79 Å². The predicted octanol–water partition coefficient (Wildman–Crippen LogP) is -0.0214. The zero-order chi connectivity index (χ0) is 11.8. The van der Waals surface area contributed by atoms with E-state index < -0.39 is 5.91 Å². The van der Waals surface area contributed by atoms with Gasteiger partial charge in [0.1, 0.15) is 5.82 Å². The molecule has 0 bridgehead atoms. The van der Waals surface area contributed by atoms with Gasteiger partial charge < -0.3 is 16.0 Å². The van der Waals surface area contributed by atoms with Crippen molar-refractivity contribution in [2.24, 2.45) is 11.7 Å². The van der Waals surface area contributed by atoms with Gasteiger partial charge in [0.2, 0.25) is 5.91 Å². The van der Waals surface area contributed by atoms with Crippen LogP contribution in [-0.2, 0) is 0 Å². The smallest absolute Gasteiger partial charge is 0.248 e. The van der Waals surface area contributed by atoms with Crippen LogP contribution >= 0.6 is 0 Å². The van der Waals surface area contributed by atoms with Crippen LogP contribution in [0, 0.1) is 5.92 Å². The molecule has 5 nitrogen and oxygen atoms in total. The molecule has 0 saturated carbocycles. The Bertz CT molecular complexity index is 448. The van der Waals surface area contributed by atoms with Crippen molar-refractivity contribution in [1.82, 2.24) is 10.3 Å². The van der Waals surface area contributed by atoms with E-state index in [2.05, 4.69) is 15.2 Å². The van der Waals surface area contributed by atoms with Gasteiger partial charge in [-0.05, 0) is 24.5 Å². The number of nitrogens with two attached hydrogens (primary N) is 1. The van der Waals surface area contributed by atoms with Crippen LogP contribution in [0.5, 0.6) is 0 Å². The molecule has 0 aliphatic carbocycles. The second-order valence-corrected chi connectivity index (χ2v) is 4.73. The van der Waals surface area contributed by atoms with Gasteiger partial charge in [0.25, 0.3) is 0 Å². The van der Waals surface area contributed by atoms with Gasteiger partial charge in [0.15, 0.2) is 0 Å². The van der Waals surface area contributed by atoms with Crippen molar-refractivity contribution in [3.63, 3.8) is 0 Å². The third kappa shape index (κ3) is 1.76. The second-order valence-electron chi connectivity index (χ2n) is 4.73. The highest BCUT2D eigenvalue weighted by Crippen LogP contribution is 2.30. The molecule has 2 aliphatic heterocycles. The van der Waals surface area contributed by atoms with Crippen molar-refractivity contribution in [3.8, 4) is 0 Å². The average molecular weight is 232 g/mol. The Labute approximate surface area is 100 Å². The van der Waals surface area contributed by atoms with Crippen LogP contribution in [-0.4, -0.2) is 36.6 Å². The van der Waals surface area contributed by atoms with Gasteiger partial charge in [-0.15, -0.1) is 0 Å². The van der Waals surface area contributed by atoms with Crippen LogP contribution in [0.2, 0.25) is 0 Å². The maximum atomic E-state index is 11.2. The molecule has 5 heteroatoms. The van der Waals surface area contributed by atoms with E-state index in [1.165, 1.54) is 6.42 Å². The number of amides is 1. The summed E-state index contributed by atoms with van der Waals surface area (Å²) in [5.41, 5.74) is 5.82. The molecule has 0 radical (unpaired) electrons. The summed E-state index contributed by atoms with van der Waals surface area (Å²) >= 11 is 0. The fraction of sp³-hybridized carbons (Fsp3) is 0.500. The molecular formula is C12H16N4O. The Morgan fingerprint density at radius 2 is 2.41 bits per heavy atom. The Kier molecular flexibility index (Phi) is 2.48. The number of aromatic nitrogens is 1. The van der Waals surface area contributed by atoms with Crippen molar-refractivity contribution in [1.29, 1.82) is 0 Å². The summed E-state index contributed by atoms with van der Waals surface area (Å²) in [5.74, 6) is 1.19. The van der Waals surface area contributed by atoms with E-state index in [0.29, 0.717) is 17.5 Å². The van der Waals surface area contributed by atoms with E-state index in [4.69, 9.17) is 5.73 Å². The maximum absolute atomic E-state index is 11.2. The SMILES string of the molecule is NC(=O)c1ccnc(N2CC[C@H]3CNC[C@H]32)c1. The van der Waals surface area contributed by atoms with E-state index in [1.54, 1.807) is 18.3 Å². The first-order valence-electron chi connectivity index (χ1n) is 5.99. The first-order chi connectivity index (χ1) is 8.25. The zero-order valence-electron chi connectivity index (χ0n) is 9.60. The molecule has 0 spiro atoms. The Hall–Kier alpha value is -1.62. The minimum atomic E-state index is -0.394. The summed E-state index contributed by atoms with van der Waals surface area (Å²) in [6.45, 7) is 3.12. The van der Waals surface area contributed by atoms with Crippen LogP contribution < -0.4 is 16.0 Å². The van der Waals surface area contributed by atoms with Crippen molar-refractivity contribution >= 4 is 11.7 Å². The lowest BCUT2D eigenvalue weighted by Crippen LogP contribution is -2.34. The average Bonchev–Trinajstić information content (AvgIpc) is 2.90. The number of fused-ring (bicyclic) bond motifs is 1. The Morgan fingerprint density at radius 1 is 1.53 bits per heavy atom. The van der Waals surface area contributed by atoms with E-state index in [1.807, 2.05) is 0 Å². The fourth-order valence-electron chi connectivity index (χ4n) is 2.86. The molecule has 2 aliphatic rings. The van der Waals surface area contributed by atoms with Crippen molar-refractivity contribution in [3.05, 3.63) is 23.9 Å². The lowest BCUT2D eigenvalue weighted by molar-refractivity contribution is 0.1000. The molecule has 2 fully saturated rings. The van der Waals surface area contributed by atoms with E-state index in [0.717, 1.165) is 25.5 Å². The monoisotopic (exact) mass is 232 g/mol. The molecule has 2 atom stereocenters. The number of primary amides is 1. The summed E-state index contributed by atoms with van der Waals surface area (Å²) in [7, 11) is 0. The van der Waals surface area contributed by atoms with E-state index in [-0.39, 0.29) is 0 Å². The predicted molar refractivity (Wildman–Crippen MR) is 64.9 cm³/mol. The van der Waals surface area contributed by atoms with Gasteiger partial charge in [0, 0.05) is 37.4 Å². The number of anilines is 1. The maximum Gasteiger partial charge on any atom is 0.248 e. The molecule has 3 N–H and O–H groups in total. The summed E-state index contributed by atoms with van der Waals surface area (Å²) < 4.78 is 0. The van der Waals surface area contributed by atoms with Gasteiger partial charge in [-0.3, -0.25) is 4.79 Å². The molecule has 0 unspecified atom stereocenters. The van der Waals surface area contributed by atoms with Gasteiger partial charge in [-0.25, -0.2) is 4.98 Å². The molecule has 1 aromatic heterocycles. The highest BCUT2D eigenvalue weighted by Gasteiger charge is 2.38. The van der Waals surface area contributed by atoms with Crippen LogP contribution in [0.4, 0.5) is 5.82 Å². The normalized spacial score (nSPS) is 27.2. The third-order valence-corrected chi connectivity index (χ3v) is 3.77. The number of carbonyl (C=O) groups is 1. The van der Waals surface area contributed by atoms with Crippen LogP contribution in [0.3, 0.4) is 0 Å². The highest BCUT2D eigenvalue weighted by molar-refractivity contribution is 5.93. The van der Waals surface area contributed by atoms with Gasteiger partial charge in [-0.2, -0.15) is 0 Å². The lowest BCUT2D eigenvalue weighted by Gasteiger charge is -2.24. The largest absolute Gasteiger partial charge is 0.366 e. The van der Waals surface area contributed by atoms with Crippen molar-refractivity contribution in [2.75, 3.05) is 24.5 Å². The molecule has 3 heterocycles. The molecule has 0 aromatic carbocycles. The Morgan fingerprint density at radius 3 is 3.24 bits per heavy atom. The molecule has 17 heavy (non-hydrogen) atoms. The number of hydrogen-bond donors (Lipinski definition) is 2. The zero-order valence-corrected chi connectivity index (χ0v) is 9.60. The van der Waals surface area contributed by atoms with Crippen LogP contribution in [0.25, 0.3) is 0 Å². The van der Waals surface area contributed by atoms with Crippen molar-refractivity contribution < 1.29 is 4.79 Å². The Balaban J connectivity index is 1.88.